The van der Waals surface area contributed by atoms with E-state index in [0.29, 0.717) is 24.1 Å². The standard InChI is InChI=1S/C17H24N4O3S/c22-17-18-15-6-5-14(12-16(15)19-17)25(23,24)21-10-8-20(9-11-21)7-1-2-13-3-4-13/h5-6,12-13H,1-4,7-11H2,(H2,18,19,22). The van der Waals surface area contributed by atoms with Crippen LogP contribution in [0.2, 0.25) is 0 Å². The molecule has 0 unspecified atom stereocenters. The Morgan fingerprint density at radius 1 is 1.04 bits per heavy atom. The van der Waals surface area contributed by atoms with Gasteiger partial charge in [0.25, 0.3) is 0 Å². The zero-order valence-electron chi connectivity index (χ0n) is 14.2. The molecule has 1 aliphatic carbocycles. The third-order valence-corrected chi connectivity index (χ3v) is 7.13. The molecule has 2 aromatic rings. The van der Waals surface area contributed by atoms with Gasteiger partial charge in [0.15, 0.2) is 0 Å². The first-order valence-corrected chi connectivity index (χ1v) is 10.4. The summed E-state index contributed by atoms with van der Waals surface area (Å²) in [5, 5.41) is 0. The molecule has 0 spiro atoms. The number of sulfonamides is 1. The van der Waals surface area contributed by atoms with Gasteiger partial charge in [0.05, 0.1) is 15.9 Å². The second kappa shape index (κ2) is 6.59. The largest absolute Gasteiger partial charge is 0.323 e. The second-order valence-electron chi connectivity index (χ2n) is 7.12. The summed E-state index contributed by atoms with van der Waals surface area (Å²) < 4.78 is 27.3. The highest BCUT2D eigenvalue weighted by Crippen LogP contribution is 2.33. The highest BCUT2D eigenvalue weighted by atomic mass is 32.2. The molecular formula is C17H24N4O3S. The van der Waals surface area contributed by atoms with E-state index in [1.165, 1.54) is 31.7 Å². The van der Waals surface area contributed by atoms with Gasteiger partial charge in [-0.1, -0.05) is 12.8 Å². The van der Waals surface area contributed by atoms with E-state index >= 15 is 0 Å². The minimum Gasteiger partial charge on any atom is -0.306 e. The SMILES string of the molecule is O=c1[nH]c2ccc(S(=O)(=O)N3CCN(CCCC4CC4)CC3)cc2[nH]1. The van der Waals surface area contributed by atoms with Gasteiger partial charge >= 0.3 is 5.69 Å². The van der Waals surface area contributed by atoms with Crippen LogP contribution in [0.4, 0.5) is 0 Å². The number of nitrogens with one attached hydrogen (secondary N) is 2. The van der Waals surface area contributed by atoms with Crippen molar-refractivity contribution in [2.45, 2.75) is 30.6 Å². The molecule has 7 nitrogen and oxygen atoms in total. The molecule has 25 heavy (non-hydrogen) atoms. The maximum atomic E-state index is 12.9. The molecule has 2 fully saturated rings. The van der Waals surface area contributed by atoms with Gasteiger partial charge in [-0.25, -0.2) is 13.2 Å². The van der Waals surface area contributed by atoms with Crippen molar-refractivity contribution in [3.8, 4) is 0 Å². The summed E-state index contributed by atoms with van der Waals surface area (Å²) in [5.74, 6) is 0.955. The molecule has 1 saturated heterocycles. The lowest BCUT2D eigenvalue weighted by atomic mass is 10.2. The van der Waals surface area contributed by atoms with Gasteiger partial charge in [-0.2, -0.15) is 4.31 Å². The van der Waals surface area contributed by atoms with Crippen LogP contribution >= 0.6 is 0 Å². The molecule has 8 heteroatoms. The molecule has 1 aromatic heterocycles. The molecule has 1 saturated carbocycles. The van der Waals surface area contributed by atoms with Gasteiger partial charge in [-0.3, -0.25) is 0 Å². The highest BCUT2D eigenvalue weighted by molar-refractivity contribution is 7.89. The molecule has 4 rings (SSSR count). The van der Waals surface area contributed by atoms with E-state index in [0.717, 1.165) is 25.6 Å². The van der Waals surface area contributed by atoms with E-state index in [9.17, 15) is 13.2 Å². The van der Waals surface area contributed by atoms with E-state index in [1.54, 1.807) is 16.4 Å². The van der Waals surface area contributed by atoms with Crippen molar-refractivity contribution >= 4 is 21.1 Å². The Hall–Kier alpha value is -1.64. The number of piperazine rings is 1. The maximum absolute atomic E-state index is 12.9. The van der Waals surface area contributed by atoms with E-state index in [4.69, 9.17) is 0 Å². The molecule has 136 valence electrons. The number of imidazole rings is 1. The van der Waals surface area contributed by atoms with Crippen LogP contribution in [0.5, 0.6) is 0 Å². The van der Waals surface area contributed by atoms with Crippen LogP contribution in [0.15, 0.2) is 27.9 Å². The summed E-state index contributed by atoms with van der Waals surface area (Å²) in [6.07, 6.45) is 5.31. The number of H-pyrrole nitrogens is 2. The van der Waals surface area contributed by atoms with Crippen molar-refractivity contribution < 1.29 is 8.42 Å². The lowest BCUT2D eigenvalue weighted by Gasteiger charge is -2.34. The first kappa shape index (κ1) is 16.8. The number of aromatic amines is 2. The number of hydrogen-bond donors (Lipinski definition) is 2. The molecule has 0 atom stereocenters. The molecule has 2 N–H and O–H groups in total. The van der Waals surface area contributed by atoms with Gasteiger partial charge in [-0.05, 0) is 43.5 Å². The third-order valence-electron chi connectivity index (χ3n) is 5.24. The molecule has 0 amide bonds. The van der Waals surface area contributed by atoms with Gasteiger partial charge in [-0.15, -0.1) is 0 Å². The zero-order chi connectivity index (χ0) is 17.4. The number of nitrogens with zero attached hydrogens (tertiary/aromatic N) is 2. The van der Waals surface area contributed by atoms with Crippen molar-refractivity contribution in [2.75, 3.05) is 32.7 Å². The second-order valence-corrected chi connectivity index (χ2v) is 9.06. The van der Waals surface area contributed by atoms with E-state index in [1.807, 2.05) is 0 Å². The fourth-order valence-corrected chi connectivity index (χ4v) is 4.97. The normalized spacial score (nSPS) is 20.3. The molecule has 0 bridgehead atoms. The molecule has 2 aliphatic rings. The summed E-state index contributed by atoms with van der Waals surface area (Å²) in [7, 11) is -3.52. The fourth-order valence-electron chi connectivity index (χ4n) is 3.52. The number of fused-ring (bicyclic) bond motifs is 1. The highest BCUT2D eigenvalue weighted by Gasteiger charge is 2.29. The zero-order valence-corrected chi connectivity index (χ0v) is 15.0. The summed E-state index contributed by atoms with van der Waals surface area (Å²) in [4.78, 5) is 19.2. The Morgan fingerprint density at radius 2 is 1.76 bits per heavy atom. The molecule has 2 heterocycles. The van der Waals surface area contributed by atoms with Crippen LogP contribution in [0.1, 0.15) is 25.7 Å². The number of aromatic nitrogens is 2. The molecule has 0 radical (unpaired) electrons. The van der Waals surface area contributed by atoms with Crippen molar-refractivity contribution in [1.82, 2.24) is 19.2 Å². The topological polar surface area (TPSA) is 89.3 Å². The lowest BCUT2D eigenvalue weighted by Crippen LogP contribution is -2.48. The van der Waals surface area contributed by atoms with Crippen LogP contribution in [0, 0.1) is 5.92 Å². The van der Waals surface area contributed by atoms with Crippen LogP contribution in [0.3, 0.4) is 0 Å². The quantitative estimate of drug-likeness (QED) is 0.810. The monoisotopic (exact) mass is 364 g/mol. The van der Waals surface area contributed by atoms with Crippen molar-refractivity contribution in [3.05, 3.63) is 28.7 Å². The van der Waals surface area contributed by atoms with Gasteiger partial charge in [0.1, 0.15) is 0 Å². The fraction of sp³-hybridized carbons (Fsp3) is 0.588. The van der Waals surface area contributed by atoms with E-state index in [-0.39, 0.29) is 10.6 Å². The van der Waals surface area contributed by atoms with Crippen LogP contribution < -0.4 is 5.69 Å². The van der Waals surface area contributed by atoms with Gasteiger partial charge in [0, 0.05) is 26.2 Å². The Balaban J connectivity index is 1.40. The predicted molar refractivity (Wildman–Crippen MR) is 96.1 cm³/mol. The van der Waals surface area contributed by atoms with Crippen LogP contribution in [0.25, 0.3) is 11.0 Å². The van der Waals surface area contributed by atoms with Crippen molar-refractivity contribution in [1.29, 1.82) is 0 Å². The maximum Gasteiger partial charge on any atom is 0.323 e. The Bertz CT molecular complexity index is 905. The summed E-state index contributed by atoms with van der Waals surface area (Å²) in [5.41, 5.74) is 0.804. The molecule has 1 aliphatic heterocycles. The van der Waals surface area contributed by atoms with Crippen molar-refractivity contribution in [3.63, 3.8) is 0 Å². The van der Waals surface area contributed by atoms with E-state index < -0.39 is 10.0 Å². The third kappa shape index (κ3) is 3.65. The predicted octanol–water partition coefficient (Wildman–Crippen LogP) is 1.35. The smallest absolute Gasteiger partial charge is 0.306 e. The Labute approximate surface area is 147 Å². The molecular weight excluding hydrogens is 340 g/mol. The summed E-state index contributed by atoms with van der Waals surface area (Å²) in [6, 6.07) is 4.72. The first-order valence-electron chi connectivity index (χ1n) is 8.97. The summed E-state index contributed by atoms with van der Waals surface area (Å²) >= 11 is 0. The number of benzene rings is 1. The number of hydrogen-bond acceptors (Lipinski definition) is 4. The average Bonchev–Trinajstić information content (AvgIpc) is 3.33. The summed E-state index contributed by atoms with van der Waals surface area (Å²) in [6.45, 7) is 3.68. The Morgan fingerprint density at radius 3 is 2.48 bits per heavy atom. The van der Waals surface area contributed by atoms with Gasteiger partial charge < -0.3 is 14.9 Å². The lowest BCUT2D eigenvalue weighted by molar-refractivity contribution is 0.185. The average molecular weight is 364 g/mol. The van der Waals surface area contributed by atoms with Crippen LogP contribution in [-0.2, 0) is 10.0 Å². The van der Waals surface area contributed by atoms with Crippen LogP contribution in [-0.4, -0.2) is 60.3 Å². The minimum absolute atomic E-state index is 0.234. The molecule has 1 aromatic carbocycles. The van der Waals surface area contributed by atoms with Gasteiger partial charge in [0.2, 0.25) is 10.0 Å². The van der Waals surface area contributed by atoms with Crippen molar-refractivity contribution in [2.24, 2.45) is 5.92 Å². The Kier molecular flexibility index (Phi) is 4.43. The van der Waals surface area contributed by atoms with E-state index in [2.05, 4.69) is 14.9 Å². The minimum atomic E-state index is -3.52. The first-order chi connectivity index (χ1) is 12.0. The number of rotatable bonds is 6.